The van der Waals surface area contributed by atoms with E-state index in [1.807, 2.05) is 43.9 Å². The van der Waals surface area contributed by atoms with Crippen LogP contribution in [0.5, 0.6) is 0 Å². The molecule has 1 aromatic rings. The second kappa shape index (κ2) is 12.7. The Kier molecular flexibility index (Phi) is 9.74. The van der Waals surface area contributed by atoms with Gasteiger partial charge in [0.2, 0.25) is 11.8 Å². The predicted octanol–water partition coefficient (Wildman–Crippen LogP) is 4.75. The first-order chi connectivity index (χ1) is 19.6. The summed E-state index contributed by atoms with van der Waals surface area (Å²) in [5, 5.41) is 10.6. The van der Waals surface area contributed by atoms with Crippen LogP contribution in [0.2, 0.25) is 0 Å². The van der Waals surface area contributed by atoms with Crippen LogP contribution in [0.1, 0.15) is 57.6 Å². The molecule has 0 aliphatic carbocycles. The van der Waals surface area contributed by atoms with Crippen molar-refractivity contribution < 1.29 is 19.5 Å². The molecule has 6 atom stereocenters. The molecule has 3 saturated heterocycles. The molecule has 1 spiro atoms. The van der Waals surface area contributed by atoms with E-state index in [1.54, 1.807) is 33.7 Å². The van der Waals surface area contributed by atoms with Gasteiger partial charge in [0.15, 0.2) is 0 Å². The lowest BCUT2D eigenvalue weighted by atomic mass is 9.70. The number of carbonyl (C=O) groups is 3. The van der Waals surface area contributed by atoms with E-state index in [0.717, 1.165) is 29.7 Å². The van der Waals surface area contributed by atoms with Crippen molar-refractivity contribution in [3.63, 3.8) is 0 Å². The number of thioether (sulfide) groups is 1. The fourth-order valence-corrected chi connectivity index (χ4v) is 9.79. The van der Waals surface area contributed by atoms with E-state index in [-0.39, 0.29) is 35.5 Å². The molecule has 3 fully saturated rings. The second-order valence-electron chi connectivity index (χ2n) is 12.3. The molecule has 41 heavy (non-hydrogen) atoms. The molecule has 0 aromatic heterocycles. The van der Waals surface area contributed by atoms with Crippen LogP contribution in [-0.2, 0) is 14.4 Å². The van der Waals surface area contributed by atoms with Crippen LogP contribution in [0.4, 0.5) is 5.69 Å². The average Bonchev–Trinajstić information content (AvgIpc) is 3.57. The zero-order valence-corrected chi connectivity index (χ0v) is 26.2. The Balaban J connectivity index is 1.85. The van der Waals surface area contributed by atoms with Crippen LogP contribution >= 0.6 is 11.8 Å². The Bertz CT molecular complexity index is 1160. The number of amides is 3. The summed E-state index contributed by atoms with van der Waals surface area (Å²) >= 11 is 1.68. The van der Waals surface area contributed by atoms with Crippen LogP contribution in [-0.4, -0.2) is 80.9 Å². The van der Waals surface area contributed by atoms with Crippen molar-refractivity contribution in [3.8, 4) is 0 Å². The van der Waals surface area contributed by atoms with E-state index in [0.29, 0.717) is 32.5 Å². The summed E-state index contributed by atoms with van der Waals surface area (Å²) in [7, 11) is 0. The highest BCUT2D eigenvalue weighted by molar-refractivity contribution is 8.02. The summed E-state index contributed by atoms with van der Waals surface area (Å²) in [6, 6.07) is 4.68. The maximum atomic E-state index is 14.9. The highest BCUT2D eigenvalue weighted by atomic mass is 32.2. The number of aryl methyl sites for hydroxylation is 2. The number of rotatable bonds is 13. The van der Waals surface area contributed by atoms with Gasteiger partial charge in [0, 0.05) is 30.6 Å². The number of para-hydroxylation sites is 1. The molecule has 224 valence electrons. The van der Waals surface area contributed by atoms with Crippen molar-refractivity contribution in [1.29, 1.82) is 0 Å². The normalized spacial score (nSPS) is 27.2. The van der Waals surface area contributed by atoms with E-state index in [4.69, 9.17) is 0 Å². The van der Waals surface area contributed by atoms with Crippen molar-refractivity contribution in [1.82, 2.24) is 9.80 Å². The van der Waals surface area contributed by atoms with E-state index in [9.17, 15) is 19.5 Å². The third-order valence-corrected chi connectivity index (χ3v) is 11.0. The molecule has 7 nitrogen and oxygen atoms in total. The first kappa shape index (κ1) is 31.4. The number of fused-ring (bicyclic) bond motifs is 1. The summed E-state index contributed by atoms with van der Waals surface area (Å²) < 4.78 is -0.717. The van der Waals surface area contributed by atoms with Gasteiger partial charge in [-0.1, -0.05) is 51.1 Å². The highest BCUT2D eigenvalue weighted by Gasteiger charge is 2.74. The minimum atomic E-state index is -0.776. The van der Waals surface area contributed by atoms with Crippen LogP contribution in [0.25, 0.3) is 0 Å². The Labute approximate surface area is 250 Å². The fraction of sp³-hybridized carbons (Fsp3) is 0.606. The van der Waals surface area contributed by atoms with Gasteiger partial charge in [-0.3, -0.25) is 14.4 Å². The minimum Gasteiger partial charge on any atom is -0.394 e. The van der Waals surface area contributed by atoms with E-state index >= 15 is 0 Å². The monoisotopic (exact) mass is 581 g/mol. The number of hydrogen-bond acceptors (Lipinski definition) is 5. The fourth-order valence-electron chi connectivity index (χ4n) is 7.59. The molecule has 3 heterocycles. The van der Waals surface area contributed by atoms with Crippen molar-refractivity contribution >= 4 is 35.2 Å². The highest BCUT2D eigenvalue weighted by Crippen LogP contribution is 2.67. The van der Waals surface area contributed by atoms with Gasteiger partial charge in [0.1, 0.15) is 6.04 Å². The van der Waals surface area contributed by atoms with Crippen LogP contribution in [0.15, 0.2) is 43.5 Å². The summed E-state index contributed by atoms with van der Waals surface area (Å²) in [4.78, 5) is 48.9. The molecule has 0 radical (unpaired) electrons. The third kappa shape index (κ3) is 5.38. The molecule has 2 bridgehead atoms. The molecule has 1 N–H and O–H groups in total. The van der Waals surface area contributed by atoms with Crippen LogP contribution in [0.3, 0.4) is 0 Å². The number of anilines is 1. The molecule has 3 aliphatic heterocycles. The molecule has 0 saturated carbocycles. The Morgan fingerprint density at radius 3 is 2.39 bits per heavy atom. The third-order valence-electron chi connectivity index (χ3n) is 9.05. The van der Waals surface area contributed by atoms with Gasteiger partial charge in [0.25, 0.3) is 5.91 Å². The number of carbonyl (C=O) groups excluding carboxylic acids is 3. The van der Waals surface area contributed by atoms with Gasteiger partial charge in [-0.25, -0.2) is 0 Å². The number of benzene rings is 1. The zero-order chi connectivity index (χ0) is 30.1. The first-order valence-corrected chi connectivity index (χ1v) is 15.9. The molecular formula is C33H47N3O4S. The van der Waals surface area contributed by atoms with Crippen molar-refractivity contribution in [3.05, 3.63) is 54.6 Å². The number of aliphatic hydroxyl groups excluding tert-OH is 1. The molecule has 4 rings (SSSR count). The average molecular weight is 582 g/mol. The summed E-state index contributed by atoms with van der Waals surface area (Å²) in [5.41, 5.74) is 2.78. The summed E-state index contributed by atoms with van der Waals surface area (Å²) in [5.74, 6) is -1.20. The van der Waals surface area contributed by atoms with Gasteiger partial charge in [-0.2, -0.15) is 0 Å². The van der Waals surface area contributed by atoms with Crippen molar-refractivity contribution in [2.24, 2.45) is 17.8 Å². The Morgan fingerprint density at radius 2 is 1.83 bits per heavy atom. The summed E-state index contributed by atoms with van der Waals surface area (Å²) in [6.07, 6.45) is 6.33. The van der Waals surface area contributed by atoms with Crippen LogP contribution in [0, 0.1) is 31.6 Å². The lowest BCUT2D eigenvalue weighted by Gasteiger charge is -2.40. The Morgan fingerprint density at radius 1 is 1.17 bits per heavy atom. The number of likely N-dealkylation sites (tertiary alicyclic amines) is 1. The second-order valence-corrected chi connectivity index (χ2v) is 13.9. The van der Waals surface area contributed by atoms with Gasteiger partial charge >= 0.3 is 0 Å². The maximum absolute atomic E-state index is 14.9. The van der Waals surface area contributed by atoms with E-state index in [2.05, 4.69) is 27.0 Å². The van der Waals surface area contributed by atoms with Crippen molar-refractivity contribution in [2.75, 3.05) is 31.1 Å². The molecule has 8 heteroatoms. The lowest BCUT2D eigenvalue weighted by molar-refractivity contribution is -0.145. The van der Waals surface area contributed by atoms with Gasteiger partial charge in [-0.05, 0) is 56.6 Å². The molecular weight excluding hydrogens is 534 g/mol. The summed E-state index contributed by atoms with van der Waals surface area (Å²) in [6.45, 7) is 19.0. The molecule has 3 amide bonds. The SMILES string of the molecule is C=CCN(CCC)C(=O)[C@@H]1[C@@H]2CCC3(S2)C(C(=O)N(CC=C)c2c(C)cccc2C)N([C@@H](CO)CC(C)C)C(=O)[C@H]13. The van der Waals surface area contributed by atoms with E-state index < -0.39 is 28.7 Å². The van der Waals surface area contributed by atoms with Gasteiger partial charge in [-0.15, -0.1) is 24.9 Å². The van der Waals surface area contributed by atoms with E-state index in [1.165, 1.54) is 0 Å². The number of hydrogen-bond donors (Lipinski definition) is 1. The standard InChI is InChI=1S/C33H47N3O4S/c1-8-16-34(17-9-2)30(38)26-25-14-15-33(41-25)27(26)31(39)36(24(20-37)19-21(4)5)29(33)32(40)35(18-10-3)28-22(6)12-11-13-23(28)7/h8,10-13,21,24-27,29,37H,1,3,9,14-20H2,2,4-7H3/t24-,25+,26-,27+,29?,33?/m1/s1. The maximum Gasteiger partial charge on any atom is 0.251 e. The lowest BCUT2D eigenvalue weighted by Crippen LogP contribution is -2.58. The first-order valence-electron chi connectivity index (χ1n) is 15.1. The van der Waals surface area contributed by atoms with Crippen LogP contribution < -0.4 is 4.90 Å². The Hall–Kier alpha value is -2.58. The van der Waals surface area contributed by atoms with Gasteiger partial charge in [0.05, 0.1) is 29.2 Å². The predicted molar refractivity (Wildman–Crippen MR) is 167 cm³/mol. The quantitative estimate of drug-likeness (QED) is 0.340. The molecule has 2 unspecified atom stereocenters. The minimum absolute atomic E-state index is 0.0104. The largest absolute Gasteiger partial charge is 0.394 e. The topological polar surface area (TPSA) is 81.2 Å². The number of nitrogens with zero attached hydrogens (tertiary/aromatic N) is 3. The zero-order valence-electron chi connectivity index (χ0n) is 25.3. The smallest absolute Gasteiger partial charge is 0.251 e. The molecule has 3 aliphatic rings. The molecule has 1 aromatic carbocycles. The van der Waals surface area contributed by atoms with Gasteiger partial charge < -0.3 is 19.8 Å². The number of aliphatic hydroxyl groups is 1. The van der Waals surface area contributed by atoms with Crippen molar-refractivity contribution in [2.45, 2.75) is 82.4 Å².